The molecule has 0 aliphatic heterocycles. The summed E-state index contributed by atoms with van der Waals surface area (Å²) in [5, 5.41) is 21.6. The summed E-state index contributed by atoms with van der Waals surface area (Å²) in [6.07, 6.45) is 0.482. The maximum absolute atomic E-state index is 10.8. The second-order valence-electron chi connectivity index (χ2n) is 3.29. The van der Waals surface area contributed by atoms with Crippen molar-refractivity contribution in [2.24, 2.45) is 0 Å². The standard InChI is InChI=1S/C9H5N3O5/c13-4-6-1-5-2-7(11(14)15)3-8(12(16)17)9(5)10-6/h1-4,10H. The van der Waals surface area contributed by atoms with Gasteiger partial charge in [-0.05, 0) is 6.07 Å². The lowest BCUT2D eigenvalue weighted by Gasteiger charge is -1.95. The molecule has 86 valence electrons. The molecule has 0 bridgehead atoms. The number of hydrogen-bond donors (Lipinski definition) is 1. The van der Waals surface area contributed by atoms with Crippen molar-refractivity contribution in [3.8, 4) is 0 Å². The molecular formula is C9H5N3O5. The Bertz CT molecular complexity index is 645. The van der Waals surface area contributed by atoms with E-state index >= 15 is 0 Å². The van der Waals surface area contributed by atoms with E-state index in [4.69, 9.17) is 0 Å². The number of carbonyl (C=O) groups is 1. The highest BCUT2D eigenvalue weighted by atomic mass is 16.6. The van der Waals surface area contributed by atoms with Crippen molar-refractivity contribution in [2.45, 2.75) is 0 Å². The van der Waals surface area contributed by atoms with Crippen LogP contribution in [-0.4, -0.2) is 21.1 Å². The fourth-order valence-electron chi connectivity index (χ4n) is 1.54. The molecule has 0 unspecified atom stereocenters. The maximum atomic E-state index is 10.8. The third-order valence-corrected chi connectivity index (χ3v) is 2.25. The number of hydrogen-bond acceptors (Lipinski definition) is 5. The molecule has 1 heterocycles. The Labute approximate surface area is 93.2 Å². The number of aldehydes is 1. The quantitative estimate of drug-likeness (QED) is 0.494. The summed E-state index contributed by atoms with van der Waals surface area (Å²) in [6, 6.07) is 3.35. The fourth-order valence-corrected chi connectivity index (χ4v) is 1.54. The van der Waals surface area contributed by atoms with Crippen molar-refractivity contribution < 1.29 is 14.6 Å². The van der Waals surface area contributed by atoms with Gasteiger partial charge in [-0.3, -0.25) is 25.0 Å². The van der Waals surface area contributed by atoms with Crippen LogP contribution < -0.4 is 0 Å². The largest absolute Gasteiger partial charge is 0.347 e. The normalized spacial score (nSPS) is 10.4. The summed E-state index contributed by atoms with van der Waals surface area (Å²) in [4.78, 5) is 33.0. The van der Waals surface area contributed by atoms with Crippen molar-refractivity contribution >= 4 is 28.6 Å². The molecule has 0 saturated heterocycles. The van der Waals surface area contributed by atoms with Crippen molar-refractivity contribution in [2.75, 3.05) is 0 Å². The SMILES string of the molecule is O=Cc1cc2cc([N+](=O)[O-])cc([N+](=O)[O-])c2[nH]1. The summed E-state index contributed by atoms with van der Waals surface area (Å²) in [7, 11) is 0. The van der Waals surface area contributed by atoms with Gasteiger partial charge >= 0.3 is 0 Å². The number of aromatic amines is 1. The molecule has 8 nitrogen and oxygen atoms in total. The Kier molecular flexibility index (Phi) is 2.32. The number of nitro groups is 2. The smallest absolute Gasteiger partial charge is 0.300 e. The number of carbonyl (C=O) groups excluding carboxylic acids is 1. The minimum absolute atomic E-state index is 0.0997. The molecule has 0 atom stereocenters. The van der Waals surface area contributed by atoms with Crippen LogP contribution in [0.2, 0.25) is 0 Å². The van der Waals surface area contributed by atoms with Crippen LogP contribution >= 0.6 is 0 Å². The zero-order valence-electron chi connectivity index (χ0n) is 8.25. The number of H-pyrrole nitrogens is 1. The minimum Gasteiger partial charge on any atom is -0.347 e. The first-order chi connectivity index (χ1) is 8.02. The lowest BCUT2D eigenvalue weighted by atomic mass is 10.2. The van der Waals surface area contributed by atoms with Crippen LogP contribution in [0.5, 0.6) is 0 Å². The van der Waals surface area contributed by atoms with E-state index in [-0.39, 0.29) is 22.3 Å². The van der Waals surface area contributed by atoms with Gasteiger partial charge in [-0.1, -0.05) is 0 Å². The first kappa shape index (κ1) is 10.7. The Morgan fingerprint density at radius 1 is 1.12 bits per heavy atom. The molecule has 0 aliphatic carbocycles. The van der Waals surface area contributed by atoms with Gasteiger partial charge in [0.2, 0.25) is 0 Å². The highest BCUT2D eigenvalue weighted by Gasteiger charge is 2.20. The summed E-state index contributed by atoms with van der Waals surface area (Å²) in [5.41, 5.74) is -0.589. The summed E-state index contributed by atoms with van der Waals surface area (Å²) in [5.74, 6) is 0. The Balaban J connectivity index is 2.82. The Morgan fingerprint density at radius 3 is 2.35 bits per heavy atom. The fraction of sp³-hybridized carbons (Fsp3) is 0. The van der Waals surface area contributed by atoms with Crippen LogP contribution in [0.4, 0.5) is 11.4 Å². The van der Waals surface area contributed by atoms with E-state index in [0.29, 0.717) is 6.29 Å². The van der Waals surface area contributed by atoms with Gasteiger partial charge in [0.25, 0.3) is 11.4 Å². The molecular weight excluding hydrogens is 230 g/mol. The number of nitrogens with one attached hydrogen (secondary N) is 1. The molecule has 1 N–H and O–H groups in total. The van der Waals surface area contributed by atoms with Gasteiger partial charge < -0.3 is 4.98 Å². The predicted octanol–water partition coefficient (Wildman–Crippen LogP) is 1.80. The number of nitro benzene ring substituents is 2. The Morgan fingerprint density at radius 2 is 1.82 bits per heavy atom. The monoisotopic (exact) mass is 235 g/mol. The van der Waals surface area contributed by atoms with Crippen molar-refractivity contribution in [1.29, 1.82) is 0 Å². The first-order valence-electron chi connectivity index (χ1n) is 4.43. The zero-order valence-corrected chi connectivity index (χ0v) is 8.25. The van der Waals surface area contributed by atoms with E-state index in [2.05, 4.69) is 4.98 Å². The van der Waals surface area contributed by atoms with Crippen molar-refractivity contribution in [1.82, 2.24) is 4.98 Å². The van der Waals surface area contributed by atoms with Crippen LogP contribution in [0.3, 0.4) is 0 Å². The molecule has 0 amide bonds. The molecule has 0 radical (unpaired) electrons. The Hall–Kier alpha value is -2.77. The van der Waals surface area contributed by atoms with Gasteiger partial charge in [0.1, 0.15) is 5.52 Å². The van der Waals surface area contributed by atoms with Gasteiger partial charge in [0, 0.05) is 11.5 Å². The van der Waals surface area contributed by atoms with E-state index < -0.39 is 15.5 Å². The molecule has 0 aliphatic rings. The van der Waals surface area contributed by atoms with Gasteiger partial charge in [0.05, 0.1) is 21.6 Å². The lowest BCUT2D eigenvalue weighted by molar-refractivity contribution is -0.393. The highest BCUT2D eigenvalue weighted by molar-refractivity contribution is 5.94. The molecule has 17 heavy (non-hydrogen) atoms. The van der Waals surface area contributed by atoms with Crippen LogP contribution in [-0.2, 0) is 0 Å². The number of fused-ring (bicyclic) bond motifs is 1. The average molecular weight is 235 g/mol. The topological polar surface area (TPSA) is 119 Å². The number of aromatic nitrogens is 1. The molecule has 2 aromatic rings. The molecule has 0 spiro atoms. The molecule has 0 saturated carbocycles. The summed E-state index contributed by atoms with van der Waals surface area (Å²) >= 11 is 0. The van der Waals surface area contributed by atoms with E-state index in [9.17, 15) is 25.0 Å². The minimum atomic E-state index is -0.736. The number of benzene rings is 1. The molecule has 2 rings (SSSR count). The van der Waals surface area contributed by atoms with Crippen molar-refractivity contribution in [3.63, 3.8) is 0 Å². The zero-order chi connectivity index (χ0) is 12.6. The first-order valence-corrected chi connectivity index (χ1v) is 4.43. The second-order valence-corrected chi connectivity index (χ2v) is 3.29. The molecule has 8 heteroatoms. The molecule has 0 fully saturated rings. The lowest BCUT2D eigenvalue weighted by Crippen LogP contribution is -1.93. The number of nitrogens with zero attached hydrogens (tertiary/aromatic N) is 2. The third kappa shape index (κ3) is 1.71. The predicted molar refractivity (Wildman–Crippen MR) is 57.0 cm³/mol. The van der Waals surface area contributed by atoms with Gasteiger partial charge in [-0.2, -0.15) is 0 Å². The second kappa shape index (κ2) is 3.67. The van der Waals surface area contributed by atoms with E-state index in [1.807, 2.05) is 0 Å². The van der Waals surface area contributed by atoms with E-state index in [1.165, 1.54) is 12.1 Å². The van der Waals surface area contributed by atoms with Gasteiger partial charge in [-0.15, -0.1) is 0 Å². The van der Waals surface area contributed by atoms with Crippen LogP contribution in [0.25, 0.3) is 10.9 Å². The van der Waals surface area contributed by atoms with Gasteiger partial charge in [0.15, 0.2) is 6.29 Å². The molecule has 1 aromatic heterocycles. The highest BCUT2D eigenvalue weighted by Crippen LogP contribution is 2.30. The number of rotatable bonds is 3. The van der Waals surface area contributed by atoms with E-state index in [1.54, 1.807) is 0 Å². The maximum Gasteiger partial charge on any atom is 0.300 e. The van der Waals surface area contributed by atoms with Crippen LogP contribution in [0, 0.1) is 20.2 Å². The summed E-state index contributed by atoms with van der Waals surface area (Å²) < 4.78 is 0. The average Bonchev–Trinajstić information content (AvgIpc) is 2.69. The summed E-state index contributed by atoms with van der Waals surface area (Å²) in [6.45, 7) is 0. The van der Waals surface area contributed by atoms with Crippen LogP contribution in [0.15, 0.2) is 18.2 Å². The number of non-ortho nitro benzene ring substituents is 2. The van der Waals surface area contributed by atoms with Crippen molar-refractivity contribution in [3.05, 3.63) is 44.1 Å². The van der Waals surface area contributed by atoms with Gasteiger partial charge in [-0.25, -0.2) is 0 Å². The molecule has 1 aromatic carbocycles. The van der Waals surface area contributed by atoms with Crippen LogP contribution in [0.1, 0.15) is 10.5 Å². The third-order valence-electron chi connectivity index (χ3n) is 2.25. The van der Waals surface area contributed by atoms with E-state index in [0.717, 1.165) is 6.07 Å².